The molecule has 7 N–H and O–H groups in total. The van der Waals surface area contributed by atoms with E-state index in [1.807, 2.05) is 68.7 Å². The Kier molecular flexibility index (Phi) is 15.7. The monoisotopic (exact) mass is 860 g/mol. The van der Waals surface area contributed by atoms with Crippen molar-refractivity contribution >= 4 is 69.0 Å². The van der Waals surface area contributed by atoms with Crippen molar-refractivity contribution in [3.63, 3.8) is 0 Å². The van der Waals surface area contributed by atoms with Crippen LogP contribution in [0.25, 0.3) is 22.0 Å². The van der Waals surface area contributed by atoms with Crippen LogP contribution in [0.2, 0.25) is 0 Å². The molecule has 4 heterocycles. The second-order valence-electron chi connectivity index (χ2n) is 15.5. The minimum atomic E-state index is -0.650. The second-order valence-corrected chi connectivity index (χ2v) is 15.5. The van der Waals surface area contributed by atoms with Gasteiger partial charge in [0.25, 0.3) is 11.8 Å². The summed E-state index contributed by atoms with van der Waals surface area (Å²) in [6.45, 7) is 17.8. The summed E-state index contributed by atoms with van der Waals surface area (Å²) < 4.78 is 15.0. The number of carbonyl (C=O) groups is 3. The summed E-state index contributed by atoms with van der Waals surface area (Å²) in [6.07, 6.45) is 12.0. The highest BCUT2D eigenvalue weighted by Gasteiger charge is 2.24. The molecule has 5 aromatic rings. The van der Waals surface area contributed by atoms with E-state index in [0.717, 1.165) is 69.1 Å². The summed E-state index contributed by atoms with van der Waals surface area (Å²) in [5.41, 5.74) is 21.0. The van der Waals surface area contributed by atoms with E-state index < -0.39 is 11.8 Å². The Hall–Kier alpha value is -6.59. The lowest BCUT2D eigenvalue weighted by atomic mass is 9.88. The number of furan rings is 1. The van der Waals surface area contributed by atoms with Gasteiger partial charge in [-0.15, -0.1) is 0 Å². The minimum absolute atomic E-state index is 0.123. The van der Waals surface area contributed by atoms with Crippen LogP contribution in [0, 0.1) is 13.8 Å². The molecule has 1 saturated heterocycles. The maximum atomic E-state index is 13.7. The lowest BCUT2D eigenvalue weighted by Gasteiger charge is -2.27. The van der Waals surface area contributed by atoms with Crippen LogP contribution in [0.3, 0.4) is 0 Å². The van der Waals surface area contributed by atoms with Crippen LogP contribution in [0.15, 0.2) is 69.1 Å². The van der Waals surface area contributed by atoms with Gasteiger partial charge in [0.2, 0.25) is 11.9 Å². The first-order valence-corrected chi connectivity index (χ1v) is 21.7. The van der Waals surface area contributed by atoms with Gasteiger partial charge in [-0.05, 0) is 114 Å². The quantitative estimate of drug-likeness (QED) is 0.0303. The Bertz CT molecular complexity index is 2550. The molecule has 0 aliphatic carbocycles. The molecule has 17 nitrogen and oxygen atoms in total. The molecule has 63 heavy (non-hydrogen) atoms. The molecule has 1 aliphatic rings. The van der Waals surface area contributed by atoms with Gasteiger partial charge in [-0.2, -0.15) is 10.2 Å². The van der Waals surface area contributed by atoms with Crippen molar-refractivity contribution in [1.82, 2.24) is 29.7 Å². The van der Waals surface area contributed by atoms with E-state index in [1.54, 1.807) is 36.0 Å². The number of hydrazone groups is 1. The van der Waals surface area contributed by atoms with E-state index in [0.29, 0.717) is 76.6 Å². The number of hydrogen-bond acceptors (Lipinski definition) is 12. The molecule has 1 fully saturated rings. The van der Waals surface area contributed by atoms with E-state index in [-0.39, 0.29) is 23.3 Å². The number of primary amides is 2. The van der Waals surface area contributed by atoms with Gasteiger partial charge in [0.1, 0.15) is 17.0 Å². The van der Waals surface area contributed by atoms with E-state index in [4.69, 9.17) is 30.6 Å². The first kappa shape index (κ1) is 45.9. The number of anilines is 2. The molecular formula is C46H60N12O5. The Morgan fingerprint density at radius 2 is 1.81 bits per heavy atom. The number of hydrogen-bond donors (Lipinski definition) is 5. The van der Waals surface area contributed by atoms with Crippen molar-refractivity contribution in [2.45, 2.75) is 79.8 Å². The molecule has 0 bridgehead atoms. The highest BCUT2D eigenvalue weighted by molar-refractivity contribution is 6.14. The number of nitrogens with zero attached hydrogens (tertiary/aromatic N) is 7. The summed E-state index contributed by atoms with van der Waals surface area (Å²) in [6, 6.07) is 8.78. The number of carbonyl (C=O) groups excluding carboxylic acids is 3. The predicted octanol–water partition coefficient (Wildman–Crippen LogP) is 6.58. The number of aromatic nitrogens is 4. The van der Waals surface area contributed by atoms with Crippen LogP contribution in [-0.2, 0) is 17.8 Å². The number of nitrogens with one attached hydrogen (secondary N) is 3. The molecule has 334 valence electrons. The van der Waals surface area contributed by atoms with Crippen LogP contribution in [-0.4, -0.2) is 99.8 Å². The standard InChI is InChI=1S/C46H60N12O5/c1-7-32(15-13-18-56-20-22-62-23-21-56)34-26-33(43(47)59)27-37(49-17-12-14-29(4)54-51-8-2)40(34)50-16-10-11-19-57-41-35-25-31(6)63-42(35)36(44(48)60)28-38(41)52-46(57)53-45(61)39-24-30(5)55-58(39)9-3/h10-12,14,17,24-28,32,50-51H,7-9,13,15-16,18-23H2,1-6H3,(H2,47,59)(H2,48,60)(H,52,53,61)/b11-10+,14-12+,49-17+,54-29-. The van der Waals surface area contributed by atoms with Crippen LogP contribution in [0.1, 0.15) is 101 Å². The molecule has 0 saturated carbocycles. The first-order valence-electron chi connectivity index (χ1n) is 21.7. The third-order valence-electron chi connectivity index (χ3n) is 11.0. The number of fused-ring (bicyclic) bond motifs is 3. The highest BCUT2D eigenvalue weighted by atomic mass is 16.5. The molecular weight excluding hydrogens is 801 g/mol. The largest absolute Gasteiger partial charge is 0.460 e. The summed E-state index contributed by atoms with van der Waals surface area (Å²) in [4.78, 5) is 51.1. The summed E-state index contributed by atoms with van der Waals surface area (Å²) in [5, 5.41) is 16.0. The van der Waals surface area contributed by atoms with Crippen LogP contribution in [0.5, 0.6) is 0 Å². The summed E-state index contributed by atoms with van der Waals surface area (Å²) >= 11 is 0. The maximum absolute atomic E-state index is 13.7. The number of allylic oxidation sites excluding steroid dienone is 3. The van der Waals surface area contributed by atoms with Crippen LogP contribution < -0.4 is 27.5 Å². The molecule has 3 aromatic heterocycles. The van der Waals surface area contributed by atoms with Crippen LogP contribution in [0.4, 0.5) is 17.3 Å². The second kappa shape index (κ2) is 21.5. The summed E-state index contributed by atoms with van der Waals surface area (Å²) in [5.74, 6) is -0.559. The molecule has 1 atom stereocenters. The number of nitrogens with two attached hydrogens (primary N) is 2. The minimum Gasteiger partial charge on any atom is -0.460 e. The van der Waals surface area contributed by atoms with Gasteiger partial charge in [0, 0.05) is 56.4 Å². The Labute approximate surface area is 367 Å². The number of aryl methyl sites for hydroxylation is 3. The lowest BCUT2D eigenvalue weighted by Crippen LogP contribution is -2.36. The van der Waals surface area contributed by atoms with Crippen molar-refractivity contribution in [2.75, 3.05) is 56.6 Å². The van der Waals surface area contributed by atoms with Crippen molar-refractivity contribution < 1.29 is 23.5 Å². The molecule has 3 amide bonds. The average Bonchev–Trinajstić information content (AvgIpc) is 3.96. The Morgan fingerprint density at radius 3 is 2.52 bits per heavy atom. The molecule has 0 radical (unpaired) electrons. The Balaban J connectivity index is 1.33. The molecule has 17 heteroatoms. The zero-order valence-electron chi connectivity index (χ0n) is 37.2. The van der Waals surface area contributed by atoms with Gasteiger partial charge in [0.15, 0.2) is 0 Å². The van der Waals surface area contributed by atoms with Crippen LogP contribution >= 0.6 is 0 Å². The van der Waals surface area contributed by atoms with Crippen molar-refractivity contribution in [1.29, 1.82) is 0 Å². The van der Waals surface area contributed by atoms with Crippen molar-refractivity contribution in [3.05, 3.63) is 88.5 Å². The Morgan fingerprint density at radius 1 is 1.02 bits per heavy atom. The van der Waals surface area contributed by atoms with E-state index in [2.05, 4.69) is 38.1 Å². The average molecular weight is 861 g/mol. The number of rotatable bonds is 21. The SMILES string of the molecule is CCN\N=C(C)/C=C/C=N/c1cc(C(N)=O)cc(C(CC)CCCN2CCOCC2)c1NC/C=C/Cn1c(NC(=O)c2cc(C)nn2CC)nc2cc(C(N)=O)c3oc(C)cc3c21. The molecule has 0 spiro atoms. The molecule has 1 aliphatic heterocycles. The number of amides is 3. The fourth-order valence-corrected chi connectivity index (χ4v) is 7.88. The van der Waals surface area contributed by atoms with Gasteiger partial charge in [-0.3, -0.25) is 34.3 Å². The topological polar surface area (TPSA) is 225 Å². The maximum Gasteiger partial charge on any atom is 0.276 e. The van der Waals surface area contributed by atoms with Gasteiger partial charge < -0.3 is 35.9 Å². The van der Waals surface area contributed by atoms with Gasteiger partial charge in [0.05, 0.1) is 52.6 Å². The van der Waals surface area contributed by atoms with Gasteiger partial charge in [-0.25, -0.2) is 4.98 Å². The number of aliphatic imine (C=N–C) groups is 1. The van der Waals surface area contributed by atoms with Gasteiger partial charge in [-0.1, -0.05) is 19.1 Å². The van der Waals surface area contributed by atoms with Crippen molar-refractivity contribution in [2.24, 2.45) is 21.6 Å². The van der Waals surface area contributed by atoms with Gasteiger partial charge >= 0.3 is 0 Å². The zero-order chi connectivity index (χ0) is 45.0. The number of morpholine rings is 1. The molecule has 1 unspecified atom stereocenters. The van der Waals surface area contributed by atoms with E-state index >= 15 is 0 Å². The summed E-state index contributed by atoms with van der Waals surface area (Å²) in [7, 11) is 0. The first-order chi connectivity index (χ1) is 30.4. The highest BCUT2D eigenvalue weighted by Crippen LogP contribution is 2.39. The fourth-order valence-electron chi connectivity index (χ4n) is 7.88. The fraction of sp³-hybridized carbons (Fsp3) is 0.413. The molecule has 6 rings (SSSR count). The number of ether oxygens (including phenoxy) is 1. The van der Waals surface area contributed by atoms with Crippen molar-refractivity contribution in [3.8, 4) is 0 Å². The number of imidazole rings is 1. The zero-order valence-corrected chi connectivity index (χ0v) is 37.2. The van der Waals surface area contributed by atoms with E-state index in [9.17, 15) is 14.4 Å². The number of benzene rings is 2. The normalized spacial score (nSPS) is 14.5. The smallest absolute Gasteiger partial charge is 0.276 e. The van der Waals surface area contributed by atoms with E-state index in [1.165, 1.54) is 0 Å². The lowest BCUT2D eigenvalue weighted by molar-refractivity contribution is 0.0369. The third-order valence-corrected chi connectivity index (χ3v) is 11.0. The third kappa shape index (κ3) is 11.3. The molecule has 2 aromatic carbocycles. The predicted molar refractivity (Wildman–Crippen MR) is 250 cm³/mol.